The zero-order chi connectivity index (χ0) is 11.9. The van der Waals surface area contributed by atoms with Gasteiger partial charge in [-0.15, -0.1) is 0 Å². The van der Waals surface area contributed by atoms with Gasteiger partial charge >= 0.3 is 6.18 Å². The second kappa shape index (κ2) is 3.71. The zero-order valence-corrected chi connectivity index (χ0v) is 9.04. The van der Waals surface area contributed by atoms with Gasteiger partial charge in [0.2, 0.25) is 0 Å². The van der Waals surface area contributed by atoms with E-state index in [1.807, 2.05) is 0 Å². The fourth-order valence-corrected chi connectivity index (χ4v) is 1.84. The van der Waals surface area contributed by atoms with Crippen molar-refractivity contribution >= 4 is 33.0 Å². The summed E-state index contributed by atoms with van der Waals surface area (Å²) in [6, 6.07) is 2.63. The van der Waals surface area contributed by atoms with Gasteiger partial charge in [-0.1, -0.05) is 11.5 Å². The highest BCUT2D eigenvalue weighted by atomic mass is 35.7. The zero-order valence-electron chi connectivity index (χ0n) is 7.47. The van der Waals surface area contributed by atoms with Crippen molar-refractivity contribution in [1.29, 1.82) is 0 Å². The number of benzene rings is 1. The standard InChI is InChI=1S/C7H5BClF3O2S/c8-6-2-1-4(15(9,13)14)3-5(6)7(10,11)12/h1-3H,8H2. The molecule has 8 heteroatoms. The second-order valence-corrected chi connectivity index (χ2v) is 5.48. The monoisotopic (exact) mass is 256 g/mol. The van der Waals surface area contributed by atoms with Crippen molar-refractivity contribution in [3.63, 3.8) is 0 Å². The third-order valence-electron chi connectivity index (χ3n) is 1.80. The minimum atomic E-state index is -4.58. The van der Waals surface area contributed by atoms with Crippen LogP contribution in [0.25, 0.3) is 0 Å². The summed E-state index contributed by atoms with van der Waals surface area (Å²) in [5.74, 6) is 0. The first-order valence-corrected chi connectivity index (χ1v) is 6.06. The summed E-state index contributed by atoms with van der Waals surface area (Å²) in [5, 5.41) is 0. The third-order valence-corrected chi connectivity index (χ3v) is 3.15. The van der Waals surface area contributed by atoms with E-state index in [2.05, 4.69) is 0 Å². The lowest BCUT2D eigenvalue weighted by Crippen LogP contribution is -2.20. The van der Waals surface area contributed by atoms with Gasteiger partial charge in [0.25, 0.3) is 9.05 Å². The first kappa shape index (κ1) is 12.4. The molecule has 0 spiro atoms. The maximum Gasteiger partial charge on any atom is 0.415 e. The van der Waals surface area contributed by atoms with Crippen molar-refractivity contribution in [1.82, 2.24) is 0 Å². The normalized spacial score (nSPS) is 12.8. The maximum atomic E-state index is 12.4. The van der Waals surface area contributed by atoms with Crippen LogP contribution in [0.1, 0.15) is 5.56 Å². The molecule has 0 aliphatic rings. The predicted molar refractivity (Wildman–Crippen MR) is 52.7 cm³/mol. The lowest BCUT2D eigenvalue weighted by molar-refractivity contribution is -0.136. The molecule has 1 aromatic rings. The van der Waals surface area contributed by atoms with Crippen LogP contribution in [-0.2, 0) is 15.2 Å². The smallest absolute Gasteiger partial charge is 0.207 e. The number of halogens is 4. The van der Waals surface area contributed by atoms with Gasteiger partial charge in [0.15, 0.2) is 0 Å². The van der Waals surface area contributed by atoms with Crippen LogP contribution >= 0.6 is 10.7 Å². The molecule has 1 aromatic carbocycles. The summed E-state index contributed by atoms with van der Waals surface area (Å²) in [7, 11) is 2.05. The van der Waals surface area contributed by atoms with Gasteiger partial charge < -0.3 is 0 Å². The quantitative estimate of drug-likeness (QED) is 0.552. The van der Waals surface area contributed by atoms with Crippen molar-refractivity contribution in [2.24, 2.45) is 0 Å². The minimum Gasteiger partial charge on any atom is -0.207 e. The molecule has 0 fully saturated rings. The SMILES string of the molecule is Bc1ccc(S(=O)(=O)Cl)cc1C(F)(F)F. The van der Waals surface area contributed by atoms with E-state index in [-0.39, 0.29) is 5.46 Å². The molecule has 0 radical (unpaired) electrons. The van der Waals surface area contributed by atoms with Gasteiger partial charge in [-0.3, -0.25) is 0 Å². The lowest BCUT2D eigenvalue weighted by atomic mass is 9.90. The molecule has 0 bridgehead atoms. The fraction of sp³-hybridized carbons (Fsp3) is 0.143. The number of hydrogen-bond acceptors (Lipinski definition) is 2. The molecule has 0 saturated heterocycles. The summed E-state index contributed by atoms with van der Waals surface area (Å²) < 4.78 is 58.8. The van der Waals surface area contributed by atoms with Crippen LogP contribution in [0.15, 0.2) is 23.1 Å². The van der Waals surface area contributed by atoms with E-state index >= 15 is 0 Å². The molecule has 0 amide bonds. The average Bonchev–Trinajstić information content (AvgIpc) is 2.00. The lowest BCUT2D eigenvalue weighted by Gasteiger charge is -2.10. The number of rotatable bonds is 1. The molecule has 0 aliphatic heterocycles. The highest BCUT2D eigenvalue weighted by molar-refractivity contribution is 8.13. The minimum absolute atomic E-state index is 0.0495. The summed E-state index contributed by atoms with van der Waals surface area (Å²) >= 11 is 0. The largest absolute Gasteiger partial charge is 0.415 e. The molecule has 2 nitrogen and oxygen atoms in total. The Balaban J connectivity index is 3.43. The van der Waals surface area contributed by atoms with E-state index in [1.54, 1.807) is 0 Å². The molecule has 82 valence electrons. The number of alkyl halides is 3. The predicted octanol–water partition coefficient (Wildman–Crippen LogP) is 0.891. The van der Waals surface area contributed by atoms with Crippen LogP contribution in [0, 0.1) is 0 Å². The van der Waals surface area contributed by atoms with E-state index in [1.165, 1.54) is 7.85 Å². The Morgan fingerprint density at radius 2 is 1.80 bits per heavy atom. The van der Waals surface area contributed by atoms with Gasteiger partial charge in [-0.25, -0.2) is 8.42 Å². The molecular weight excluding hydrogens is 251 g/mol. The Morgan fingerprint density at radius 3 is 2.20 bits per heavy atom. The van der Waals surface area contributed by atoms with Crippen molar-refractivity contribution in [3.05, 3.63) is 23.8 Å². The Labute approximate surface area is 89.9 Å². The van der Waals surface area contributed by atoms with E-state index in [9.17, 15) is 21.6 Å². The van der Waals surface area contributed by atoms with Gasteiger partial charge in [0, 0.05) is 10.7 Å². The van der Waals surface area contributed by atoms with Gasteiger partial charge in [-0.2, -0.15) is 13.2 Å². The molecule has 0 saturated carbocycles. The molecule has 0 heterocycles. The Morgan fingerprint density at radius 1 is 1.27 bits per heavy atom. The summed E-state index contributed by atoms with van der Waals surface area (Å²) in [5.41, 5.74) is -1.05. The highest BCUT2D eigenvalue weighted by Crippen LogP contribution is 2.29. The Kier molecular flexibility index (Phi) is 3.07. The molecule has 15 heavy (non-hydrogen) atoms. The van der Waals surface area contributed by atoms with Gasteiger partial charge in [0.05, 0.1) is 10.5 Å². The van der Waals surface area contributed by atoms with Crippen LogP contribution in [0.2, 0.25) is 0 Å². The highest BCUT2D eigenvalue weighted by Gasteiger charge is 2.33. The van der Waals surface area contributed by atoms with Crippen LogP contribution < -0.4 is 5.46 Å². The molecule has 0 unspecified atom stereocenters. The van der Waals surface area contributed by atoms with E-state index < -0.39 is 25.7 Å². The summed E-state index contributed by atoms with van der Waals surface area (Å²) in [6.45, 7) is 0. The van der Waals surface area contributed by atoms with Crippen molar-refractivity contribution < 1.29 is 21.6 Å². The Bertz CT molecular complexity index is 483. The number of hydrogen-bond donors (Lipinski definition) is 0. The Hall–Kier alpha value is -0.685. The van der Waals surface area contributed by atoms with Crippen LogP contribution in [-0.4, -0.2) is 16.3 Å². The molecule has 0 aromatic heterocycles. The molecule has 0 N–H and O–H groups in total. The van der Waals surface area contributed by atoms with Crippen molar-refractivity contribution in [2.75, 3.05) is 0 Å². The first-order valence-electron chi connectivity index (χ1n) is 3.75. The topological polar surface area (TPSA) is 34.1 Å². The summed E-state index contributed by atoms with van der Waals surface area (Å²) in [4.78, 5) is -0.554. The van der Waals surface area contributed by atoms with Gasteiger partial charge in [0.1, 0.15) is 7.85 Å². The third kappa shape index (κ3) is 2.88. The fourth-order valence-electron chi connectivity index (χ4n) is 1.06. The van der Waals surface area contributed by atoms with Crippen LogP contribution in [0.3, 0.4) is 0 Å². The van der Waals surface area contributed by atoms with Crippen LogP contribution in [0.5, 0.6) is 0 Å². The van der Waals surface area contributed by atoms with Crippen molar-refractivity contribution in [2.45, 2.75) is 11.1 Å². The van der Waals surface area contributed by atoms with Crippen LogP contribution in [0.4, 0.5) is 13.2 Å². The molecule has 0 atom stereocenters. The first-order chi connectivity index (χ1) is 6.62. The van der Waals surface area contributed by atoms with E-state index in [0.29, 0.717) is 6.07 Å². The van der Waals surface area contributed by atoms with Gasteiger partial charge in [-0.05, 0) is 12.1 Å². The second-order valence-electron chi connectivity index (χ2n) is 2.91. The van der Waals surface area contributed by atoms with E-state index in [0.717, 1.165) is 12.1 Å². The average molecular weight is 256 g/mol. The van der Waals surface area contributed by atoms with Crippen molar-refractivity contribution in [3.8, 4) is 0 Å². The molecule has 1 rings (SSSR count). The summed E-state index contributed by atoms with van der Waals surface area (Å²) in [6.07, 6.45) is -4.58. The van der Waals surface area contributed by atoms with E-state index in [4.69, 9.17) is 10.7 Å². The molecule has 0 aliphatic carbocycles. The molecular formula is C7H5BClF3O2S. The maximum absolute atomic E-state index is 12.4.